The minimum atomic E-state index is -4.69. The largest absolute Gasteiger partial charge is 0.418 e. The molecule has 0 aliphatic carbocycles. The predicted octanol–water partition coefficient (Wildman–Crippen LogP) is 1.03. The van der Waals surface area contributed by atoms with Crippen molar-refractivity contribution < 1.29 is 23.0 Å². The molecule has 160 valence electrons. The quantitative estimate of drug-likeness (QED) is 0.543. The van der Waals surface area contributed by atoms with Crippen LogP contribution in [0.5, 0.6) is 0 Å². The van der Waals surface area contributed by atoms with Gasteiger partial charge in [0.15, 0.2) is 0 Å². The lowest BCUT2D eigenvalue weighted by atomic mass is 9.90. The van der Waals surface area contributed by atoms with Gasteiger partial charge < -0.3 is 25.8 Å². The van der Waals surface area contributed by atoms with Gasteiger partial charge in [0.1, 0.15) is 22.9 Å². The fourth-order valence-corrected chi connectivity index (χ4v) is 3.63. The van der Waals surface area contributed by atoms with Gasteiger partial charge in [-0.2, -0.15) is 13.2 Å². The molecule has 2 aliphatic heterocycles. The molecular formula is C19H21F3N6O2. The maximum atomic E-state index is 13.6. The number of nitrogens with two attached hydrogens (primary N) is 1. The molecule has 8 nitrogen and oxygen atoms in total. The molecule has 11 heteroatoms. The van der Waals surface area contributed by atoms with Crippen LogP contribution in [-0.2, 0) is 10.9 Å². The lowest BCUT2D eigenvalue weighted by Crippen LogP contribution is -2.69. The molecule has 0 spiro atoms. The topological polar surface area (TPSA) is 120 Å². The van der Waals surface area contributed by atoms with Crippen LogP contribution >= 0.6 is 0 Å². The second-order valence-electron chi connectivity index (χ2n) is 7.42. The average molecular weight is 422 g/mol. The highest BCUT2D eigenvalue weighted by Crippen LogP contribution is 2.34. The first-order valence-corrected chi connectivity index (χ1v) is 9.35. The number of pyridine rings is 2. The molecule has 4 rings (SSSR count). The molecule has 4 heterocycles. The van der Waals surface area contributed by atoms with Crippen molar-refractivity contribution in [1.82, 2.24) is 15.3 Å². The summed E-state index contributed by atoms with van der Waals surface area (Å²) in [6.45, 7) is 1.77. The number of halogens is 3. The summed E-state index contributed by atoms with van der Waals surface area (Å²) in [6.07, 6.45) is -3.29. The van der Waals surface area contributed by atoms with E-state index < -0.39 is 28.7 Å². The molecule has 2 fully saturated rings. The Hall–Kier alpha value is -2.76. The molecule has 0 amide bonds. The summed E-state index contributed by atoms with van der Waals surface area (Å²) in [5.74, 6) is 0.248. The van der Waals surface area contributed by atoms with E-state index in [4.69, 9.17) is 15.9 Å². The Balaban J connectivity index is 1.70. The zero-order valence-corrected chi connectivity index (χ0v) is 15.9. The van der Waals surface area contributed by atoms with Gasteiger partial charge in [0.2, 0.25) is 0 Å². The minimum Gasteiger partial charge on any atom is -0.383 e. The lowest BCUT2D eigenvalue weighted by molar-refractivity contribution is -0.194. The van der Waals surface area contributed by atoms with Crippen molar-refractivity contribution in [3.05, 3.63) is 47.3 Å². The molecule has 2 aliphatic rings. The smallest absolute Gasteiger partial charge is 0.383 e. The number of nitrogens with zero attached hydrogens (tertiary/aromatic N) is 3. The Morgan fingerprint density at radius 1 is 1.33 bits per heavy atom. The van der Waals surface area contributed by atoms with E-state index in [0.29, 0.717) is 25.5 Å². The van der Waals surface area contributed by atoms with Crippen molar-refractivity contribution in [3.63, 3.8) is 0 Å². The van der Waals surface area contributed by atoms with Gasteiger partial charge >= 0.3 is 6.18 Å². The Morgan fingerprint density at radius 3 is 2.73 bits per heavy atom. The molecule has 0 aromatic carbocycles. The van der Waals surface area contributed by atoms with Gasteiger partial charge in [-0.1, -0.05) is 0 Å². The van der Waals surface area contributed by atoms with Crippen LogP contribution in [0.25, 0.3) is 0 Å². The SMILES string of the molecule is N=C(c1cccnc1N)c1nc(N2CCNC(C3(O)COC3)C2)ccc1C(F)(F)F. The Bertz CT molecular complexity index is 964. The van der Waals surface area contributed by atoms with Crippen molar-refractivity contribution in [1.29, 1.82) is 5.41 Å². The third kappa shape index (κ3) is 3.71. The molecule has 0 bridgehead atoms. The number of piperazine rings is 1. The maximum Gasteiger partial charge on any atom is 0.418 e. The van der Waals surface area contributed by atoms with Gasteiger partial charge in [-0.25, -0.2) is 9.97 Å². The molecular weight excluding hydrogens is 401 g/mol. The Morgan fingerprint density at radius 2 is 2.10 bits per heavy atom. The maximum absolute atomic E-state index is 13.6. The molecule has 2 aromatic heterocycles. The van der Waals surface area contributed by atoms with E-state index in [-0.39, 0.29) is 30.6 Å². The number of nitrogen functional groups attached to an aromatic ring is 1. The molecule has 5 N–H and O–H groups in total. The van der Waals surface area contributed by atoms with E-state index in [1.165, 1.54) is 24.4 Å². The van der Waals surface area contributed by atoms with E-state index in [9.17, 15) is 18.3 Å². The van der Waals surface area contributed by atoms with Crippen LogP contribution < -0.4 is 16.0 Å². The standard InChI is InChI=1S/C19H21F3N6O2/c20-19(21,22)12-3-4-14(27-16(12)15(23)11-2-1-5-26-17(11)24)28-7-6-25-13(8-28)18(29)9-30-10-18/h1-5,13,23,25,29H,6-10H2,(H2,24,26). The summed E-state index contributed by atoms with van der Waals surface area (Å²) in [6, 6.07) is 4.85. The van der Waals surface area contributed by atoms with E-state index in [1.54, 1.807) is 4.90 Å². The zero-order valence-electron chi connectivity index (χ0n) is 15.9. The summed E-state index contributed by atoms with van der Waals surface area (Å²) in [5, 5.41) is 22.1. The number of aromatic nitrogens is 2. The number of alkyl halides is 3. The summed E-state index contributed by atoms with van der Waals surface area (Å²) < 4.78 is 46.0. The normalized spacial score (nSPS) is 21.2. The van der Waals surface area contributed by atoms with Crippen LogP contribution in [0.2, 0.25) is 0 Å². The van der Waals surface area contributed by atoms with Crippen LogP contribution in [-0.4, -0.2) is 65.3 Å². The Kier molecular flexibility index (Phi) is 5.12. The van der Waals surface area contributed by atoms with Crippen LogP contribution in [0.15, 0.2) is 30.5 Å². The van der Waals surface area contributed by atoms with Gasteiger partial charge in [-0.15, -0.1) is 0 Å². The number of nitrogens with one attached hydrogen (secondary N) is 2. The van der Waals surface area contributed by atoms with Crippen molar-refractivity contribution >= 4 is 17.3 Å². The predicted molar refractivity (Wildman–Crippen MR) is 104 cm³/mol. The van der Waals surface area contributed by atoms with Crippen LogP contribution in [0.4, 0.5) is 24.8 Å². The fraction of sp³-hybridized carbons (Fsp3) is 0.421. The van der Waals surface area contributed by atoms with Gasteiger partial charge in [0, 0.05) is 31.4 Å². The van der Waals surface area contributed by atoms with E-state index >= 15 is 0 Å². The first kappa shape index (κ1) is 20.5. The van der Waals surface area contributed by atoms with E-state index in [1.807, 2.05) is 0 Å². The van der Waals surface area contributed by atoms with Crippen molar-refractivity contribution in [2.45, 2.75) is 17.8 Å². The minimum absolute atomic E-state index is 0.0442. The average Bonchev–Trinajstić information content (AvgIpc) is 2.71. The third-order valence-electron chi connectivity index (χ3n) is 5.38. The van der Waals surface area contributed by atoms with Gasteiger partial charge in [0.05, 0.1) is 30.5 Å². The molecule has 0 radical (unpaired) electrons. The molecule has 30 heavy (non-hydrogen) atoms. The highest BCUT2D eigenvalue weighted by Gasteiger charge is 2.46. The van der Waals surface area contributed by atoms with Crippen LogP contribution in [0.3, 0.4) is 0 Å². The number of aliphatic hydroxyl groups is 1. The van der Waals surface area contributed by atoms with Gasteiger partial charge in [0.25, 0.3) is 0 Å². The zero-order chi connectivity index (χ0) is 21.5. The summed E-state index contributed by atoms with van der Waals surface area (Å²) in [5.41, 5.74) is 2.85. The number of hydrogen-bond donors (Lipinski definition) is 4. The highest BCUT2D eigenvalue weighted by atomic mass is 19.4. The molecule has 1 unspecified atom stereocenters. The van der Waals surface area contributed by atoms with Crippen LogP contribution in [0.1, 0.15) is 16.8 Å². The summed E-state index contributed by atoms with van der Waals surface area (Å²) in [4.78, 5) is 9.84. The highest BCUT2D eigenvalue weighted by molar-refractivity contribution is 6.13. The summed E-state index contributed by atoms with van der Waals surface area (Å²) in [7, 11) is 0. The fourth-order valence-electron chi connectivity index (χ4n) is 3.63. The van der Waals surface area contributed by atoms with Crippen LogP contribution in [0, 0.1) is 5.41 Å². The second-order valence-corrected chi connectivity index (χ2v) is 7.42. The number of hydrogen-bond acceptors (Lipinski definition) is 8. The van der Waals surface area contributed by atoms with E-state index in [0.717, 1.165) is 6.07 Å². The number of anilines is 2. The first-order chi connectivity index (χ1) is 14.2. The molecule has 2 aromatic rings. The summed E-state index contributed by atoms with van der Waals surface area (Å²) >= 11 is 0. The van der Waals surface area contributed by atoms with Crippen molar-refractivity contribution in [2.24, 2.45) is 0 Å². The second kappa shape index (κ2) is 7.49. The molecule has 1 atom stereocenters. The molecule has 0 saturated carbocycles. The van der Waals surface area contributed by atoms with Crippen molar-refractivity contribution in [2.75, 3.05) is 43.5 Å². The molecule has 2 saturated heterocycles. The third-order valence-corrected chi connectivity index (χ3v) is 5.38. The Labute approximate surface area is 170 Å². The first-order valence-electron chi connectivity index (χ1n) is 9.35. The van der Waals surface area contributed by atoms with Gasteiger partial charge in [-0.3, -0.25) is 5.41 Å². The monoisotopic (exact) mass is 422 g/mol. The number of rotatable bonds is 4. The van der Waals surface area contributed by atoms with E-state index in [2.05, 4.69) is 15.3 Å². The number of ether oxygens (including phenoxy) is 1. The van der Waals surface area contributed by atoms with Crippen molar-refractivity contribution in [3.8, 4) is 0 Å². The van der Waals surface area contributed by atoms with Gasteiger partial charge in [-0.05, 0) is 24.3 Å². The lowest BCUT2D eigenvalue weighted by Gasteiger charge is -2.47.